The molecule has 2 heteroatoms. The summed E-state index contributed by atoms with van der Waals surface area (Å²) in [6, 6.07) is 0. The molecule has 0 aliphatic rings. The molecule has 1 nitrogen and oxygen atoms in total. The molecule has 0 aromatic heterocycles. The summed E-state index contributed by atoms with van der Waals surface area (Å²) in [6.45, 7) is 2.96. The third-order valence-electron chi connectivity index (χ3n) is 1.39. The second-order valence-corrected chi connectivity index (χ2v) is 2.86. The third-order valence-corrected chi connectivity index (χ3v) is 1.60. The van der Waals surface area contributed by atoms with Crippen molar-refractivity contribution in [1.82, 2.24) is 0 Å². The Bertz CT molecular complexity index is 130. The monoisotopic (exact) mass is 186 g/mol. The van der Waals surface area contributed by atoms with Gasteiger partial charge in [-0.15, -0.1) is 0 Å². The van der Waals surface area contributed by atoms with Crippen LogP contribution in [0.4, 0.5) is 0 Å². The minimum absolute atomic E-state index is 0.804. The van der Waals surface area contributed by atoms with Crippen LogP contribution < -0.4 is 0 Å². The number of ether oxygens (including phenoxy) is 1. The van der Waals surface area contributed by atoms with Gasteiger partial charge in [0.05, 0.1) is 12.9 Å². The highest BCUT2D eigenvalue weighted by molar-refractivity contribution is 7.83. The fourth-order valence-electron chi connectivity index (χ4n) is 0.730. The molecule has 70 valence electrons. The van der Waals surface area contributed by atoms with Gasteiger partial charge >= 0.3 is 0 Å². The fraction of sp³-hybridized carbons (Fsp3) is 0.600. The first kappa shape index (κ1) is 11.6. The molecule has 0 atom stereocenters. The number of hydrogen-bond acceptors (Lipinski definition) is 2. The van der Waals surface area contributed by atoms with E-state index in [1.54, 1.807) is 11.7 Å². The first-order valence-corrected chi connectivity index (χ1v) is 4.99. The quantitative estimate of drug-likeness (QED) is 0.363. The number of unbranched alkanes of at least 4 members (excludes halogenated alkanes) is 2. The van der Waals surface area contributed by atoms with Crippen molar-refractivity contribution in [3.05, 3.63) is 23.8 Å². The summed E-state index contributed by atoms with van der Waals surface area (Å²) in [7, 11) is 0. The Kier molecular flexibility index (Phi) is 10.3. The predicted octanol–water partition coefficient (Wildman–Crippen LogP) is 3.54. The van der Waals surface area contributed by atoms with E-state index in [4.69, 9.17) is 4.74 Å². The molecule has 0 aliphatic heterocycles. The van der Waals surface area contributed by atoms with Gasteiger partial charge in [-0.3, -0.25) is 0 Å². The van der Waals surface area contributed by atoms with Crippen LogP contribution in [0.3, 0.4) is 0 Å². The fourth-order valence-corrected chi connectivity index (χ4v) is 0.879. The number of hydrogen-bond donors (Lipinski definition) is 1. The molecule has 0 aliphatic carbocycles. The van der Waals surface area contributed by atoms with Crippen LogP contribution in [0.1, 0.15) is 32.6 Å². The average Bonchev–Trinajstić information content (AvgIpc) is 2.10. The van der Waals surface area contributed by atoms with Crippen LogP contribution in [0.2, 0.25) is 0 Å². The van der Waals surface area contributed by atoms with E-state index in [-0.39, 0.29) is 0 Å². The summed E-state index contributed by atoms with van der Waals surface area (Å²) in [5.41, 5.74) is 0. The number of rotatable bonds is 7. The molecule has 0 N–H and O–H groups in total. The summed E-state index contributed by atoms with van der Waals surface area (Å²) in [5.74, 6) is 0. The normalized spacial score (nSPS) is 11.5. The lowest BCUT2D eigenvalue weighted by atomic mass is 10.3. The summed E-state index contributed by atoms with van der Waals surface area (Å²) in [4.78, 5) is 0. The van der Waals surface area contributed by atoms with Crippen molar-refractivity contribution in [1.29, 1.82) is 0 Å². The zero-order valence-electron chi connectivity index (χ0n) is 7.70. The molecule has 0 heterocycles. The van der Waals surface area contributed by atoms with E-state index in [1.165, 1.54) is 6.42 Å². The summed E-state index contributed by atoms with van der Waals surface area (Å²) in [6.07, 6.45) is 10.3. The van der Waals surface area contributed by atoms with Crippen LogP contribution in [0.15, 0.2) is 23.8 Å². The van der Waals surface area contributed by atoms with E-state index in [1.807, 2.05) is 6.08 Å². The van der Waals surface area contributed by atoms with Gasteiger partial charge in [0.25, 0.3) is 0 Å². The van der Waals surface area contributed by atoms with Crippen LogP contribution in [0.5, 0.6) is 0 Å². The van der Waals surface area contributed by atoms with E-state index in [9.17, 15) is 0 Å². The van der Waals surface area contributed by atoms with Crippen LogP contribution in [0, 0.1) is 0 Å². The lowest BCUT2D eigenvalue weighted by Crippen LogP contribution is -1.85. The van der Waals surface area contributed by atoms with Crippen molar-refractivity contribution >= 4 is 12.6 Å². The van der Waals surface area contributed by atoms with Gasteiger partial charge < -0.3 is 4.74 Å². The Hall–Kier alpha value is -0.370. The SMILES string of the molecule is CCCC=COCCCC=CS. The van der Waals surface area contributed by atoms with Gasteiger partial charge in [-0.05, 0) is 30.7 Å². The van der Waals surface area contributed by atoms with Gasteiger partial charge in [-0.2, -0.15) is 12.6 Å². The zero-order valence-corrected chi connectivity index (χ0v) is 8.59. The Morgan fingerprint density at radius 2 is 2.08 bits per heavy atom. The van der Waals surface area contributed by atoms with Gasteiger partial charge in [0.1, 0.15) is 0 Å². The average molecular weight is 186 g/mol. The summed E-state index contributed by atoms with van der Waals surface area (Å²) >= 11 is 3.96. The molecule has 0 radical (unpaired) electrons. The standard InChI is InChI=1S/C10H18OS/c1-2-3-5-8-11-9-6-4-7-10-12/h5,7-8,10,12H,2-4,6,9H2,1H3. The molecule has 0 saturated heterocycles. The van der Waals surface area contributed by atoms with Gasteiger partial charge in [0.2, 0.25) is 0 Å². The molecule has 0 amide bonds. The molecule has 0 spiro atoms. The lowest BCUT2D eigenvalue weighted by molar-refractivity contribution is 0.244. The molecule has 0 bridgehead atoms. The molecule has 0 aromatic rings. The molecule has 12 heavy (non-hydrogen) atoms. The van der Waals surface area contributed by atoms with E-state index < -0.39 is 0 Å². The summed E-state index contributed by atoms with van der Waals surface area (Å²) < 4.78 is 5.24. The smallest absolute Gasteiger partial charge is 0.0876 e. The Balaban J connectivity index is 2.99. The summed E-state index contributed by atoms with van der Waals surface area (Å²) in [5, 5.41) is 1.77. The molecule has 0 saturated carbocycles. The molecule has 0 unspecified atom stereocenters. The van der Waals surface area contributed by atoms with Gasteiger partial charge in [0, 0.05) is 0 Å². The zero-order chi connectivity index (χ0) is 9.07. The predicted molar refractivity (Wildman–Crippen MR) is 57.4 cm³/mol. The lowest BCUT2D eigenvalue weighted by Gasteiger charge is -1.97. The van der Waals surface area contributed by atoms with Gasteiger partial charge in [0.15, 0.2) is 0 Å². The van der Waals surface area contributed by atoms with E-state index in [0.717, 1.165) is 25.9 Å². The second-order valence-electron chi connectivity index (χ2n) is 2.56. The van der Waals surface area contributed by atoms with Crippen molar-refractivity contribution in [2.24, 2.45) is 0 Å². The van der Waals surface area contributed by atoms with Crippen LogP contribution >= 0.6 is 12.6 Å². The maximum absolute atomic E-state index is 5.24. The highest BCUT2D eigenvalue weighted by Crippen LogP contribution is 1.94. The molecule has 0 aromatic carbocycles. The Morgan fingerprint density at radius 1 is 1.25 bits per heavy atom. The molecule has 0 fully saturated rings. The Morgan fingerprint density at radius 3 is 2.75 bits per heavy atom. The van der Waals surface area contributed by atoms with Crippen molar-refractivity contribution in [3.63, 3.8) is 0 Å². The molecular formula is C10H18OS. The van der Waals surface area contributed by atoms with Crippen molar-refractivity contribution in [3.8, 4) is 0 Å². The van der Waals surface area contributed by atoms with Gasteiger partial charge in [-0.25, -0.2) is 0 Å². The van der Waals surface area contributed by atoms with Crippen LogP contribution in [-0.2, 0) is 4.74 Å². The largest absolute Gasteiger partial charge is 0.502 e. The van der Waals surface area contributed by atoms with Crippen molar-refractivity contribution in [2.75, 3.05) is 6.61 Å². The van der Waals surface area contributed by atoms with Crippen molar-refractivity contribution in [2.45, 2.75) is 32.6 Å². The third kappa shape index (κ3) is 9.63. The van der Waals surface area contributed by atoms with Crippen LogP contribution in [-0.4, -0.2) is 6.61 Å². The first-order valence-electron chi connectivity index (χ1n) is 4.47. The maximum Gasteiger partial charge on any atom is 0.0876 e. The van der Waals surface area contributed by atoms with Crippen LogP contribution in [0.25, 0.3) is 0 Å². The minimum atomic E-state index is 0.804. The number of thiol groups is 1. The first-order chi connectivity index (χ1) is 5.91. The topological polar surface area (TPSA) is 9.23 Å². The van der Waals surface area contributed by atoms with Crippen molar-refractivity contribution < 1.29 is 4.74 Å². The number of allylic oxidation sites excluding steroid dienone is 2. The molecular weight excluding hydrogens is 168 g/mol. The highest BCUT2D eigenvalue weighted by Gasteiger charge is 1.81. The van der Waals surface area contributed by atoms with E-state index in [2.05, 4.69) is 25.6 Å². The maximum atomic E-state index is 5.24. The van der Waals surface area contributed by atoms with E-state index >= 15 is 0 Å². The second kappa shape index (κ2) is 10.6. The highest BCUT2D eigenvalue weighted by atomic mass is 32.1. The van der Waals surface area contributed by atoms with E-state index in [0.29, 0.717) is 0 Å². The minimum Gasteiger partial charge on any atom is -0.502 e. The molecule has 0 rings (SSSR count). The Labute approximate surface area is 80.9 Å². The van der Waals surface area contributed by atoms with Gasteiger partial charge in [-0.1, -0.05) is 19.4 Å².